The first kappa shape index (κ1) is 17.5. The molecule has 5 nitrogen and oxygen atoms in total. The number of hydrogen-bond acceptors (Lipinski definition) is 5. The maximum absolute atomic E-state index is 6.37. The first-order valence-corrected chi connectivity index (χ1v) is 9.25. The van der Waals surface area contributed by atoms with Crippen LogP contribution in [0, 0.1) is 0 Å². The Morgan fingerprint density at radius 1 is 1.20 bits per heavy atom. The lowest BCUT2D eigenvalue weighted by atomic mass is 10.00. The summed E-state index contributed by atoms with van der Waals surface area (Å²) < 4.78 is 5.94. The molecule has 2 heterocycles. The second kappa shape index (κ2) is 7.72. The van der Waals surface area contributed by atoms with Gasteiger partial charge >= 0.3 is 0 Å². The lowest BCUT2D eigenvalue weighted by Gasteiger charge is -2.36. The van der Waals surface area contributed by atoms with Gasteiger partial charge < -0.3 is 15.4 Å². The van der Waals surface area contributed by atoms with Crippen molar-refractivity contribution in [1.29, 1.82) is 0 Å². The second-order valence-corrected chi connectivity index (χ2v) is 6.99. The van der Waals surface area contributed by atoms with Crippen LogP contribution in [0.2, 0.25) is 0 Å². The number of aromatic nitrogens is 2. The fourth-order valence-electron chi connectivity index (χ4n) is 3.42. The second-order valence-electron chi connectivity index (χ2n) is 6.99. The van der Waals surface area contributed by atoms with Crippen LogP contribution in [-0.2, 0) is 0 Å². The monoisotopic (exact) mass is 340 g/mol. The molecule has 1 aliphatic rings. The van der Waals surface area contributed by atoms with Crippen molar-refractivity contribution in [2.45, 2.75) is 58.4 Å². The van der Waals surface area contributed by atoms with Crippen molar-refractivity contribution in [2.24, 2.45) is 0 Å². The van der Waals surface area contributed by atoms with E-state index in [-0.39, 0.29) is 0 Å². The maximum atomic E-state index is 6.37. The molecule has 1 aromatic heterocycles. The highest BCUT2D eigenvalue weighted by Crippen LogP contribution is 2.35. The molecule has 3 rings (SSSR count). The lowest BCUT2D eigenvalue weighted by Crippen LogP contribution is -2.40. The highest BCUT2D eigenvalue weighted by Gasteiger charge is 2.25. The van der Waals surface area contributed by atoms with Gasteiger partial charge in [0.05, 0.1) is 0 Å². The summed E-state index contributed by atoms with van der Waals surface area (Å²) in [7, 11) is 0. The third kappa shape index (κ3) is 3.86. The van der Waals surface area contributed by atoms with Crippen LogP contribution in [0.5, 0.6) is 11.6 Å². The molecule has 2 aromatic rings. The normalized spacial score (nSPS) is 17.8. The van der Waals surface area contributed by atoms with E-state index in [1.54, 1.807) is 6.33 Å². The van der Waals surface area contributed by atoms with Gasteiger partial charge in [0.1, 0.15) is 17.8 Å². The molecule has 0 amide bonds. The number of nitrogens with zero attached hydrogens (tertiary/aromatic N) is 3. The predicted octanol–water partition coefficient (Wildman–Crippen LogP) is 4.74. The maximum Gasteiger partial charge on any atom is 0.248 e. The fourth-order valence-corrected chi connectivity index (χ4v) is 3.42. The Labute approximate surface area is 150 Å². The van der Waals surface area contributed by atoms with E-state index < -0.39 is 0 Å². The van der Waals surface area contributed by atoms with Gasteiger partial charge in [-0.05, 0) is 49.3 Å². The number of anilines is 2. The zero-order chi connectivity index (χ0) is 17.8. The summed E-state index contributed by atoms with van der Waals surface area (Å²) in [6, 6.07) is 8.58. The van der Waals surface area contributed by atoms with Crippen molar-refractivity contribution in [3.63, 3.8) is 0 Å². The van der Waals surface area contributed by atoms with E-state index in [2.05, 4.69) is 47.8 Å². The average molecular weight is 340 g/mol. The Morgan fingerprint density at radius 2 is 1.96 bits per heavy atom. The lowest BCUT2D eigenvalue weighted by molar-refractivity contribution is 0.441. The summed E-state index contributed by atoms with van der Waals surface area (Å²) in [6.07, 6.45) is 6.27. The first-order chi connectivity index (χ1) is 12.1. The molecule has 0 radical (unpaired) electrons. The van der Waals surface area contributed by atoms with Crippen molar-refractivity contribution in [3.8, 4) is 11.6 Å². The van der Waals surface area contributed by atoms with Gasteiger partial charge in [0.15, 0.2) is 5.82 Å². The zero-order valence-electron chi connectivity index (χ0n) is 15.4. The van der Waals surface area contributed by atoms with Gasteiger partial charge in [-0.25, -0.2) is 4.98 Å². The largest absolute Gasteiger partial charge is 0.437 e. The van der Waals surface area contributed by atoms with Gasteiger partial charge in [-0.3, -0.25) is 0 Å². The van der Waals surface area contributed by atoms with Crippen molar-refractivity contribution >= 4 is 11.5 Å². The van der Waals surface area contributed by atoms with E-state index in [4.69, 9.17) is 10.5 Å². The summed E-state index contributed by atoms with van der Waals surface area (Å²) >= 11 is 0. The molecule has 1 aromatic carbocycles. The van der Waals surface area contributed by atoms with E-state index in [1.807, 2.05) is 12.1 Å². The van der Waals surface area contributed by atoms with Crippen molar-refractivity contribution in [1.82, 2.24) is 9.97 Å². The number of nitrogens with two attached hydrogens (primary N) is 1. The standard InChI is InChI=1S/C20H28N4O/c1-4-16-7-5-6-12-24(16)19-18(21)20(23-13-22-19)25-17-10-8-15(9-11-17)14(2)3/h8-11,13-14,16H,4-7,12,21H2,1-3H3. The Kier molecular flexibility index (Phi) is 5.41. The summed E-state index contributed by atoms with van der Waals surface area (Å²) in [5, 5.41) is 0. The van der Waals surface area contributed by atoms with Crippen molar-refractivity contribution < 1.29 is 4.74 Å². The Balaban J connectivity index is 1.83. The van der Waals surface area contributed by atoms with Crippen LogP contribution < -0.4 is 15.4 Å². The Hall–Kier alpha value is -2.30. The highest BCUT2D eigenvalue weighted by molar-refractivity contribution is 5.68. The van der Waals surface area contributed by atoms with Crippen LogP contribution in [0.25, 0.3) is 0 Å². The third-order valence-electron chi connectivity index (χ3n) is 4.96. The molecule has 2 N–H and O–H groups in total. The van der Waals surface area contributed by atoms with Gasteiger partial charge in [0, 0.05) is 12.6 Å². The minimum Gasteiger partial charge on any atom is -0.437 e. The predicted molar refractivity (Wildman–Crippen MR) is 102 cm³/mol. The topological polar surface area (TPSA) is 64.3 Å². The molecule has 5 heteroatoms. The van der Waals surface area contributed by atoms with Crippen LogP contribution in [0.1, 0.15) is 57.9 Å². The van der Waals surface area contributed by atoms with E-state index >= 15 is 0 Å². The van der Waals surface area contributed by atoms with Gasteiger partial charge in [-0.2, -0.15) is 4.98 Å². The van der Waals surface area contributed by atoms with Crippen LogP contribution >= 0.6 is 0 Å². The quantitative estimate of drug-likeness (QED) is 0.851. The van der Waals surface area contributed by atoms with Crippen molar-refractivity contribution in [3.05, 3.63) is 36.2 Å². The number of rotatable bonds is 5. The molecular weight excluding hydrogens is 312 g/mol. The minimum absolute atomic E-state index is 0.433. The van der Waals surface area contributed by atoms with Crippen LogP contribution in [0.3, 0.4) is 0 Å². The molecule has 1 fully saturated rings. The molecule has 1 saturated heterocycles. The molecule has 0 spiro atoms. The summed E-state index contributed by atoms with van der Waals surface area (Å²) in [6.45, 7) is 7.55. The SMILES string of the molecule is CCC1CCCCN1c1ncnc(Oc2ccc(C(C)C)cc2)c1N. The van der Waals surface area contributed by atoms with Crippen LogP contribution in [0.15, 0.2) is 30.6 Å². The van der Waals surface area contributed by atoms with Crippen LogP contribution in [-0.4, -0.2) is 22.6 Å². The molecule has 25 heavy (non-hydrogen) atoms. The minimum atomic E-state index is 0.433. The van der Waals surface area contributed by atoms with Gasteiger partial charge in [0.2, 0.25) is 5.88 Å². The van der Waals surface area contributed by atoms with E-state index in [9.17, 15) is 0 Å². The highest BCUT2D eigenvalue weighted by atomic mass is 16.5. The Bertz CT molecular complexity index is 699. The zero-order valence-corrected chi connectivity index (χ0v) is 15.4. The van der Waals surface area contributed by atoms with Crippen LogP contribution in [0.4, 0.5) is 11.5 Å². The molecule has 1 unspecified atom stereocenters. The van der Waals surface area contributed by atoms with Gasteiger partial charge in [-0.15, -0.1) is 0 Å². The summed E-state index contributed by atoms with van der Waals surface area (Å²) in [4.78, 5) is 11.0. The average Bonchev–Trinajstić information content (AvgIpc) is 2.64. The first-order valence-electron chi connectivity index (χ1n) is 9.25. The number of piperidine rings is 1. The fraction of sp³-hybridized carbons (Fsp3) is 0.500. The van der Waals surface area contributed by atoms with Gasteiger partial charge in [0.25, 0.3) is 0 Å². The molecular formula is C20H28N4O. The smallest absolute Gasteiger partial charge is 0.248 e. The van der Waals surface area contributed by atoms with E-state index in [0.717, 1.165) is 24.5 Å². The summed E-state index contributed by atoms with van der Waals surface area (Å²) in [5.74, 6) is 2.47. The van der Waals surface area contributed by atoms with E-state index in [1.165, 1.54) is 24.8 Å². The van der Waals surface area contributed by atoms with Crippen molar-refractivity contribution in [2.75, 3.05) is 17.2 Å². The number of nitrogen functional groups attached to an aromatic ring is 1. The number of hydrogen-bond donors (Lipinski definition) is 1. The molecule has 0 aliphatic carbocycles. The number of benzene rings is 1. The summed E-state index contributed by atoms with van der Waals surface area (Å²) in [5.41, 5.74) is 8.17. The van der Waals surface area contributed by atoms with E-state index in [0.29, 0.717) is 23.5 Å². The number of ether oxygens (including phenoxy) is 1. The molecule has 1 atom stereocenters. The third-order valence-corrected chi connectivity index (χ3v) is 4.96. The molecule has 0 saturated carbocycles. The molecule has 134 valence electrons. The Morgan fingerprint density at radius 3 is 2.64 bits per heavy atom. The molecule has 0 bridgehead atoms. The van der Waals surface area contributed by atoms with Gasteiger partial charge in [-0.1, -0.05) is 32.9 Å². The molecule has 1 aliphatic heterocycles.